The lowest BCUT2D eigenvalue weighted by atomic mass is 9.85. The number of carboxylic acid groups (broad SMARTS) is 1. The maximum Gasteiger partial charge on any atom is 0.348 e. The SMILES string of the molecule is O=C(O)CC(c1ccccc1)c1c(O)cc2c(O)c1C(=O)O2. The molecule has 112 valence electrons. The number of phenols is 2. The van der Waals surface area contributed by atoms with Gasteiger partial charge < -0.3 is 20.1 Å². The molecule has 0 radical (unpaired) electrons. The van der Waals surface area contributed by atoms with Crippen molar-refractivity contribution in [2.75, 3.05) is 0 Å². The average molecular weight is 300 g/mol. The Labute approximate surface area is 125 Å². The number of rotatable bonds is 4. The van der Waals surface area contributed by atoms with Crippen LogP contribution in [0, 0.1) is 0 Å². The molecule has 6 nitrogen and oxygen atoms in total. The summed E-state index contributed by atoms with van der Waals surface area (Å²) in [5.41, 5.74) is 0.505. The van der Waals surface area contributed by atoms with Crippen LogP contribution in [-0.4, -0.2) is 27.3 Å². The normalized spacial score (nSPS) is 13.7. The zero-order valence-electron chi connectivity index (χ0n) is 11.3. The van der Waals surface area contributed by atoms with Gasteiger partial charge in [0.05, 0.1) is 6.42 Å². The van der Waals surface area contributed by atoms with Crippen LogP contribution in [0.4, 0.5) is 0 Å². The highest BCUT2D eigenvalue weighted by atomic mass is 16.5. The van der Waals surface area contributed by atoms with E-state index in [1.165, 1.54) is 0 Å². The number of hydrogen-bond donors (Lipinski definition) is 3. The molecule has 0 aromatic heterocycles. The van der Waals surface area contributed by atoms with Crippen LogP contribution in [0.5, 0.6) is 17.2 Å². The number of fused-ring (bicyclic) bond motifs is 2. The Kier molecular flexibility index (Phi) is 3.21. The molecule has 1 heterocycles. The minimum atomic E-state index is -1.09. The summed E-state index contributed by atoms with van der Waals surface area (Å²) in [6, 6.07) is 9.75. The first-order chi connectivity index (χ1) is 10.5. The van der Waals surface area contributed by atoms with Crippen LogP contribution in [-0.2, 0) is 4.79 Å². The maximum atomic E-state index is 11.9. The van der Waals surface area contributed by atoms with E-state index >= 15 is 0 Å². The average Bonchev–Trinajstić information content (AvgIpc) is 2.66. The molecule has 0 saturated heterocycles. The molecular weight excluding hydrogens is 288 g/mol. The fourth-order valence-electron chi connectivity index (χ4n) is 2.68. The van der Waals surface area contributed by atoms with E-state index in [2.05, 4.69) is 0 Å². The lowest BCUT2D eigenvalue weighted by Crippen LogP contribution is -2.12. The summed E-state index contributed by atoms with van der Waals surface area (Å²) in [5.74, 6) is -3.43. The zero-order chi connectivity index (χ0) is 15.9. The van der Waals surface area contributed by atoms with Crippen molar-refractivity contribution in [1.82, 2.24) is 0 Å². The van der Waals surface area contributed by atoms with E-state index in [1.54, 1.807) is 30.3 Å². The minimum absolute atomic E-state index is 0.0670. The van der Waals surface area contributed by atoms with Gasteiger partial charge in [-0.25, -0.2) is 4.79 Å². The molecule has 2 bridgehead atoms. The molecule has 3 rings (SSSR count). The van der Waals surface area contributed by atoms with Gasteiger partial charge in [0.1, 0.15) is 11.3 Å². The molecule has 1 aliphatic rings. The molecule has 0 amide bonds. The maximum absolute atomic E-state index is 11.9. The summed E-state index contributed by atoms with van der Waals surface area (Å²) >= 11 is 0. The van der Waals surface area contributed by atoms with Crippen molar-refractivity contribution in [3.63, 3.8) is 0 Å². The first-order valence-corrected chi connectivity index (χ1v) is 6.56. The topological polar surface area (TPSA) is 104 Å². The molecule has 0 spiro atoms. The molecule has 1 aliphatic heterocycles. The molecule has 1 atom stereocenters. The minimum Gasteiger partial charge on any atom is -0.507 e. The number of aromatic hydroxyl groups is 2. The van der Waals surface area contributed by atoms with Gasteiger partial charge in [0.25, 0.3) is 0 Å². The third kappa shape index (κ3) is 2.14. The Morgan fingerprint density at radius 1 is 1.18 bits per heavy atom. The van der Waals surface area contributed by atoms with Crippen molar-refractivity contribution in [3.05, 3.63) is 53.1 Å². The molecule has 0 saturated carbocycles. The van der Waals surface area contributed by atoms with Crippen LogP contribution in [0.25, 0.3) is 0 Å². The summed E-state index contributed by atoms with van der Waals surface area (Å²) in [5, 5.41) is 29.3. The van der Waals surface area contributed by atoms with Gasteiger partial charge in [-0.1, -0.05) is 30.3 Å². The van der Waals surface area contributed by atoms with E-state index in [0.717, 1.165) is 6.07 Å². The first-order valence-electron chi connectivity index (χ1n) is 6.56. The van der Waals surface area contributed by atoms with Gasteiger partial charge in [0.15, 0.2) is 11.5 Å². The van der Waals surface area contributed by atoms with E-state index in [-0.39, 0.29) is 34.8 Å². The third-order valence-corrected chi connectivity index (χ3v) is 3.62. The summed E-state index contributed by atoms with van der Waals surface area (Å²) in [7, 11) is 0. The third-order valence-electron chi connectivity index (χ3n) is 3.62. The Hall–Kier alpha value is -3.02. The van der Waals surface area contributed by atoms with Gasteiger partial charge in [-0.15, -0.1) is 0 Å². The number of carbonyl (C=O) groups excluding carboxylic acids is 1. The van der Waals surface area contributed by atoms with E-state index in [0.29, 0.717) is 5.56 Å². The van der Waals surface area contributed by atoms with E-state index in [9.17, 15) is 19.8 Å². The number of phenolic OH excluding ortho intramolecular Hbond substituents is 2. The van der Waals surface area contributed by atoms with Crippen LogP contribution >= 0.6 is 0 Å². The van der Waals surface area contributed by atoms with Crippen molar-refractivity contribution >= 4 is 11.9 Å². The fourth-order valence-corrected chi connectivity index (χ4v) is 2.68. The van der Waals surface area contributed by atoms with Crippen LogP contribution in [0.3, 0.4) is 0 Å². The lowest BCUT2D eigenvalue weighted by Gasteiger charge is -2.18. The summed E-state index contributed by atoms with van der Waals surface area (Å²) in [6.07, 6.45) is -0.337. The van der Waals surface area contributed by atoms with Gasteiger partial charge in [-0.3, -0.25) is 4.79 Å². The van der Waals surface area contributed by atoms with Crippen LogP contribution in [0.1, 0.15) is 33.8 Å². The Bertz CT molecular complexity index is 766. The molecule has 2 aromatic rings. The number of ether oxygens (including phenoxy) is 1. The smallest absolute Gasteiger partial charge is 0.348 e. The number of carbonyl (C=O) groups is 2. The number of benzene rings is 2. The highest BCUT2D eigenvalue weighted by molar-refractivity contribution is 6.02. The second-order valence-electron chi connectivity index (χ2n) is 4.98. The highest BCUT2D eigenvalue weighted by Gasteiger charge is 2.36. The zero-order valence-corrected chi connectivity index (χ0v) is 11.3. The number of aliphatic carboxylic acids is 1. The Morgan fingerprint density at radius 2 is 1.86 bits per heavy atom. The molecule has 0 fully saturated rings. The molecule has 1 unspecified atom stereocenters. The predicted octanol–water partition coefficient (Wildman–Crippen LogP) is 2.24. The van der Waals surface area contributed by atoms with Crippen molar-refractivity contribution in [1.29, 1.82) is 0 Å². The van der Waals surface area contributed by atoms with E-state index in [1.807, 2.05) is 0 Å². The van der Waals surface area contributed by atoms with Crippen LogP contribution in [0.15, 0.2) is 36.4 Å². The van der Waals surface area contributed by atoms with Gasteiger partial charge >= 0.3 is 11.9 Å². The molecule has 22 heavy (non-hydrogen) atoms. The summed E-state index contributed by atoms with van der Waals surface area (Å²) in [4.78, 5) is 23.1. The monoisotopic (exact) mass is 300 g/mol. The van der Waals surface area contributed by atoms with Crippen molar-refractivity contribution in [2.24, 2.45) is 0 Å². The first kappa shape index (κ1) is 13.9. The number of hydrogen-bond acceptors (Lipinski definition) is 5. The Balaban J connectivity index is 2.21. The summed E-state index contributed by atoms with van der Waals surface area (Å²) < 4.78 is 4.84. The number of esters is 1. The van der Waals surface area contributed by atoms with Gasteiger partial charge in [-0.2, -0.15) is 0 Å². The van der Waals surface area contributed by atoms with E-state index < -0.39 is 17.9 Å². The largest absolute Gasteiger partial charge is 0.507 e. The van der Waals surface area contributed by atoms with Gasteiger partial charge in [0, 0.05) is 17.5 Å². The summed E-state index contributed by atoms with van der Waals surface area (Å²) in [6.45, 7) is 0. The van der Waals surface area contributed by atoms with Gasteiger partial charge in [0.2, 0.25) is 0 Å². The molecular formula is C16H12O6. The van der Waals surface area contributed by atoms with Gasteiger partial charge in [-0.05, 0) is 5.56 Å². The highest BCUT2D eigenvalue weighted by Crippen LogP contribution is 2.48. The standard InChI is InChI=1S/C16H12O6/c17-10-7-11-15(20)14(16(21)22-11)13(10)9(6-12(18)19)8-4-2-1-3-5-8/h1-5,7,9,17,20H,6H2,(H,18,19). The molecule has 2 aromatic carbocycles. The quantitative estimate of drug-likeness (QED) is 0.591. The molecule has 6 heteroatoms. The van der Waals surface area contributed by atoms with Crippen LogP contribution in [0.2, 0.25) is 0 Å². The van der Waals surface area contributed by atoms with Crippen molar-refractivity contribution in [2.45, 2.75) is 12.3 Å². The number of carboxylic acids is 1. The second kappa shape index (κ2) is 5.07. The Morgan fingerprint density at radius 3 is 2.50 bits per heavy atom. The molecule has 0 aliphatic carbocycles. The predicted molar refractivity (Wildman–Crippen MR) is 75.3 cm³/mol. The second-order valence-corrected chi connectivity index (χ2v) is 4.98. The van der Waals surface area contributed by atoms with Crippen molar-refractivity contribution < 1.29 is 29.6 Å². The lowest BCUT2D eigenvalue weighted by molar-refractivity contribution is -0.137. The van der Waals surface area contributed by atoms with E-state index in [4.69, 9.17) is 9.84 Å². The fraction of sp³-hybridized carbons (Fsp3) is 0.125. The van der Waals surface area contributed by atoms with Crippen molar-refractivity contribution in [3.8, 4) is 17.2 Å². The molecule has 3 N–H and O–H groups in total. The van der Waals surface area contributed by atoms with Crippen LogP contribution < -0.4 is 4.74 Å².